The van der Waals surface area contributed by atoms with E-state index in [0.717, 1.165) is 5.75 Å². The van der Waals surface area contributed by atoms with Gasteiger partial charge >= 0.3 is 0 Å². The zero-order chi connectivity index (χ0) is 16.1. The largest absolute Gasteiger partial charge is 0.508 e. The van der Waals surface area contributed by atoms with Crippen LogP contribution in [0, 0.1) is 6.92 Å². The second-order valence-electron chi connectivity index (χ2n) is 4.72. The van der Waals surface area contributed by atoms with Crippen LogP contribution < -0.4 is 9.47 Å². The Balaban J connectivity index is 2.02. The Kier molecular flexibility index (Phi) is 4.88. The fraction of sp³-hybridized carbons (Fsp3) is 0.235. The quantitative estimate of drug-likeness (QED) is 0.802. The van der Waals surface area contributed by atoms with Crippen LogP contribution in [0.3, 0.4) is 0 Å². The Morgan fingerprint density at radius 1 is 1.00 bits per heavy atom. The topological polar surface area (TPSA) is 76.0 Å². The van der Waals surface area contributed by atoms with E-state index in [1.165, 1.54) is 19.1 Å². The van der Waals surface area contributed by atoms with Gasteiger partial charge in [0.1, 0.15) is 23.0 Å². The van der Waals surface area contributed by atoms with Crippen molar-refractivity contribution in [3.8, 4) is 23.0 Å². The average Bonchev–Trinajstić information content (AvgIpc) is 2.52. The zero-order valence-electron chi connectivity index (χ0n) is 12.5. The maximum atomic E-state index is 12.1. The summed E-state index contributed by atoms with van der Waals surface area (Å²) >= 11 is 0. The molecule has 22 heavy (non-hydrogen) atoms. The minimum absolute atomic E-state index is 0.0542. The molecule has 0 unspecified atom stereocenters. The number of ketones is 1. The molecule has 2 aromatic rings. The molecule has 0 radical (unpaired) electrons. The molecular formula is C17H18O5. The van der Waals surface area contributed by atoms with Gasteiger partial charge in [-0.05, 0) is 50.2 Å². The monoisotopic (exact) mass is 302 g/mol. The van der Waals surface area contributed by atoms with E-state index in [2.05, 4.69) is 0 Å². The van der Waals surface area contributed by atoms with Gasteiger partial charge < -0.3 is 19.7 Å². The zero-order valence-corrected chi connectivity index (χ0v) is 12.5. The van der Waals surface area contributed by atoms with Crippen LogP contribution in [0.25, 0.3) is 0 Å². The Labute approximate surface area is 128 Å². The number of aromatic hydroxyl groups is 2. The van der Waals surface area contributed by atoms with Gasteiger partial charge in [0.05, 0.1) is 12.2 Å². The van der Waals surface area contributed by atoms with Gasteiger partial charge in [-0.25, -0.2) is 0 Å². The number of phenols is 2. The second-order valence-corrected chi connectivity index (χ2v) is 4.72. The number of carbonyl (C=O) groups excluding carboxylic acids is 1. The molecule has 0 aliphatic rings. The molecular weight excluding hydrogens is 284 g/mol. The van der Waals surface area contributed by atoms with Gasteiger partial charge in [0.2, 0.25) is 5.78 Å². The minimum atomic E-state index is -0.366. The molecule has 0 aliphatic heterocycles. The fourth-order valence-corrected chi connectivity index (χ4v) is 1.94. The van der Waals surface area contributed by atoms with Crippen LogP contribution in [0.2, 0.25) is 0 Å². The second kappa shape index (κ2) is 6.85. The molecule has 0 aliphatic carbocycles. The van der Waals surface area contributed by atoms with Crippen LogP contribution in [0.5, 0.6) is 23.0 Å². The molecule has 5 nitrogen and oxygen atoms in total. The lowest BCUT2D eigenvalue weighted by molar-refractivity contribution is 0.0918. The SMILES string of the molecule is CCOc1ccc(OCC(=O)c2ccc(O)c(C)c2O)cc1. The summed E-state index contributed by atoms with van der Waals surface area (Å²) in [4.78, 5) is 12.1. The van der Waals surface area contributed by atoms with E-state index in [1.54, 1.807) is 24.3 Å². The maximum absolute atomic E-state index is 12.1. The highest BCUT2D eigenvalue weighted by Crippen LogP contribution is 2.29. The molecule has 2 rings (SSSR count). The average molecular weight is 302 g/mol. The molecule has 0 heterocycles. The van der Waals surface area contributed by atoms with E-state index < -0.39 is 0 Å². The lowest BCUT2D eigenvalue weighted by atomic mass is 10.1. The first-order valence-electron chi connectivity index (χ1n) is 6.93. The van der Waals surface area contributed by atoms with E-state index in [9.17, 15) is 15.0 Å². The lowest BCUT2D eigenvalue weighted by Crippen LogP contribution is -2.12. The molecule has 0 saturated carbocycles. The standard InChI is InChI=1S/C17H18O5/c1-3-21-12-4-6-13(7-5-12)22-10-16(19)14-8-9-15(18)11(2)17(14)20/h4-9,18,20H,3,10H2,1-2H3. The van der Waals surface area contributed by atoms with Crippen molar-refractivity contribution in [2.24, 2.45) is 0 Å². The molecule has 0 aromatic heterocycles. The third kappa shape index (κ3) is 3.49. The summed E-state index contributed by atoms with van der Waals surface area (Å²) in [6.45, 7) is 3.81. The third-order valence-corrected chi connectivity index (χ3v) is 3.21. The van der Waals surface area contributed by atoms with Crippen LogP contribution in [0.15, 0.2) is 36.4 Å². The molecule has 0 atom stereocenters. The first kappa shape index (κ1) is 15.7. The molecule has 5 heteroatoms. The van der Waals surface area contributed by atoms with Crippen LogP contribution in [0.4, 0.5) is 0 Å². The van der Waals surface area contributed by atoms with Crippen molar-refractivity contribution in [3.63, 3.8) is 0 Å². The van der Waals surface area contributed by atoms with Crippen LogP contribution in [0.1, 0.15) is 22.8 Å². The number of Topliss-reactive ketones (excluding diaryl/α,β-unsaturated/α-hetero) is 1. The number of phenolic OH excluding ortho intramolecular Hbond substituents is 2. The Hall–Kier alpha value is -2.69. The summed E-state index contributed by atoms with van der Waals surface area (Å²) in [6.07, 6.45) is 0. The Morgan fingerprint density at radius 2 is 1.59 bits per heavy atom. The number of benzene rings is 2. The lowest BCUT2D eigenvalue weighted by Gasteiger charge is -2.10. The summed E-state index contributed by atoms with van der Waals surface area (Å²) in [5.74, 6) is 0.621. The summed E-state index contributed by atoms with van der Waals surface area (Å²) in [5.41, 5.74) is 0.396. The summed E-state index contributed by atoms with van der Waals surface area (Å²) in [5, 5.41) is 19.4. The highest BCUT2D eigenvalue weighted by Gasteiger charge is 2.15. The van der Waals surface area contributed by atoms with E-state index in [1.807, 2.05) is 6.92 Å². The van der Waals surface area contributed by atoms with Gasteiger partial charge in [-0.15, -0.1) is 0 Å². The van der Waals surface area contributed by atoms with Crippen molar-refractivity contribution >= 4 is 5.78 Å². The smallest absolute Gasteiger partial charge is 0.203 e. The number of hydrogen-bond donors (Lipinski definition) is 2. The normalized spacial score (nSPS) is 10.3. The molecule has 116 valence electrons. The predicted octanol–water partition coefficient (Wildman–Crippen LogP) is 3.07. The highest BCUT2D eigenvalue weighted by atomic mass is 16.5. The predicted molar refractivity (Wildman–Crippen MR) is 81.9 cm³/mol. The van der Waals surface area contributed by atoms with Gasteiger partial charge in [0.15, 0.2) is 6.61 Å². The first-order valence-corrected chi connectivity index (χ1v) is 6.93. The van der Waals surface area contributed by atoms with Crippen molar-refractivity contribution in [1.29, 1.82) is 0 Å². The number of carbonyl (C=O) groups is 1. The van der Waals surface area contributed by atoms with Crippen LogP contribution in [-0.2, 0) is 0 Å². The van der Waals surface area contributed by atoms with Crippen molar-refractivity contribution < 1.29 is 24.5 Å². The van der Waals surface area contributed by atoms with Crippen LogP contribution in [-0.4, -0.2) is 29.2 Å². The van der Waals surface area contributed by atoms with Gasteiger partial charge in [0, 0.05) is 5.56 Å². The Bertz CT molecular complexity index is 661. The summed E-state index contributed by atoms with van der Waals surface area (Å²) < 4.78 is 10.7. The van der Waals surface area contributed by atoms with Crippen molar-refractivity contribution in [2.45, 2.75) is 13.8 Å². The van der Waals surface area contributed by atoms with Crippen molar-refractivity contribution in [2.75, 3.05) is 13.2 Å². The summed E-state index contributed by atoms with van der Waals surface area (Å²) in [7, 11) is 0. The van der Waals surface area contributed by atoms with Gasteiger partial charge in [-0.1, -0.05) is 0 Å². The fourth-order valence-electron chi connectivity index (χ4n) is 1.94. The third-order valence-electron chi connectivity index (χ3n) is 3.21. The van der Waals surface area contributed by atoms with Gasteiger partial charge in [-0.2, -0.15) is 0 Å². The molecule has 0 bridgehead atoms. The molecule has 2 aromatic carbocycles. The molecule has 2 N–H and O–H groups in total. The molecule has 0 saturated heterocycles. The molecule has 0 spiro atoms. The van der Waals surface area contributed by atoms with E-state index in [-0.39, 0.29) is 35.0 Å². The maximum Gasteiger partial charge on any atom is 0.203 e. The molecule has 0 amide bonds. The summed E-state index contributed by atoms with van der Waals surface area (Å²) in [6, 6.07) is 9.68. The number of ether oxygens (including phenoxy) is 2. The van der Waals surface area contributed by atoms with E-state index in [4.69, 9.17) is 9.47 Å². The van der Waals surface area contributed by atoms with Crippen molar-refractivity contribution in [3.05, 3.63) is 47.5 Å². The van der Waals surface area contributed by atoms with Gasteiger partial charge in [-0.3, -0.25) is 4.79 Å². The first-order chi connectivity index (χ1) is 10.5. The van der Waals surface area contributed by atoms with Gasteiger partial charge in [0.25, 0.3) is 0 Å². The Morgan fingerprint density at radius 3 is 2.18 bits per heavy atom. The minimum Gasteiger partial charge on any atom is -0.508 e. The molecule has 0 fully saturated rings. The van der Waals surface area contributed by atoms with Crippen LogP contribution >= 0.6 is 0 Å². The van der Waals surface area contributed by atoms with E-state index >= 15 is 0 Å². The highest BCUT2D eigenvalue weighted by molar-refractivity contribution is 6.00. The van der Waals surface area contributed by atoms with E-state index in [0.29, 0.717) is 12.4 Å². The number of rotatable bonds is 6. The van der Waals surface area contributed by atoms with Crippen molar-refractivity contribution in [1.82, 2.24) is 0 Å². The number of hydrogen-bond acceptors (Lipinski definition) is 5.